The van der Waals surface area contributed by atoms with Crippen LogP contribution in [0.1, 0.15) is 25.3 Å². The minimum absolute atomic E-state index is 0.0243. The average molecular weight is 232 g/mol. The molecule has 0 aliphatic heterocycles. The molecule has 0 fully saturated rings. The maximum absolute atomic E-state index is 9.94. The molecule has 92 valence electrons. The number of benzene rings is 1. The Labute approximate surface area is 103 Å². The van der Waals surface area contributed by atoms with E-state index in [1.807, 2.05) is 25.1 Å². The summed E-state index contributed by atoms with van der Waals surface area (Å²) < 4.78 is 5.78. The molecule has 2 nitrogen and oxygen atoms in total. The van der Waals surface area contributed by atoms with Crippen molar-refractivity contribution in [2.24, 2.45) is 0 Å². The maximum Gasteiger partial charge on any atom is 0.101 e. The topological polar surface area (TPSA) is 29.5 Å². The zero-order chi connectivity index (χ0) is 12.1. The molecule has 0 heterocycles. The van der Waals surface area contributed by atoms with Gasteiger partial charge >= 0.3 is 0 Å². The summed E-state index contributed by atoms with van der Waals surface area (Å²) in [4.78, 5) is 0. The summed E-state index contributed by atoms with van der Waals surface area (Å²) in [6.45, 7) is 2.65. The highest BCUT2D eigenvalue weighted by molar-refractivity contribution is 5.15. The highest BCUT2D eigenvalue weighted by atomic mass is 16.5. The molecule has 2 heteroatoms. The molecule has 0 unspecified atom stereocenters. The number of hydrogen-bond donors (Lipinski definition) is 1. The molecule has 2 rings (SSSR count). The van der Waals surface area contributed by atoms with Crippen LogP contribution in [0.5, 0.6) is 0 Å². The molecule has 0 radical (unpaired) electrons. The quantitative estimate of drug-likeness (QED) is 0.809. The zero-order valence-corrected chi connectivity index (χ0v) is 10.3. The van der Waals surface area contributed by atoms with Gasteiger partial charge in [0.1, 0.15) is 6.10 Å². The van der Waals surface area contributed by atoms with Crippen LogP contribution < -0.4 is 0 Å². The monoisotopic (exact) mass is 232 g/mol. The first kappa shape index (κ1) is 12.3. The van der Waals surface area contributed by atoms with Crippen molar-refractivity contribution in [2.75, 3.05) is 6.61 Å². The van der Waals surface area contributed by atoms with E-state index in [9.17, 15) is 5.11 Å². The van der Waals surface area contributed by atoms with Gasteiger partial charge in [-0.15, -0.1) is 0 Å². The molecule has 0 aromatic heterocycles. The Bertz CT molecular complexity index is 370. The summed E-state index contributed by atoms with van der Waals surface area (Å²) in [5.41, 5.74) is 2.33. The van der Waals surface area contributed by atoms with Crippen LogP contribution in [0.3, 0.4) is 0 Å². The fraction of sp³-hybridized carbons (Fsp3) is 0.467. The van der Waals surface area contributed by atoms with E-state index in [0.717, 1.165) is 24.8 Å². The van der Waals surface area contributed by atoms with Crippen molar-refractivity contribution in [2.45, 2.75) is 38.4 Å². The Hall–Kier alpha value is -1.12. The lowest BCUT2D eigenvalue weighted by Crippen LogP contribution is -2.33. The molecule has 0 bridgehead atoms. The van der Waals surface area contributed by atoms with E-state index < -0.39 is 6.10 Å². The van der Waals surface area contributed by atoms with Gasteiger partial charge in [-0.3, -0.25) is 0 Å². The van der Waals surface area contributed by atoms with Gasteiger partial charge in [-0.05, 0) is 37.3 Å². The number of rotatable bonds is 4. The summed E-state index contributed by atoms with van der Waals surface area (Å²) in [5.74, 6) is 0. The molecule has 2 atom stereocenters. The second-order valence-electron chi connectivity index (χ2n) is 4.62. The Kier molecular flexibility index (Phi) is 4.35. The molecule has 1 N–H and O–H groups in total. The minimum atomic E-state index is -0.417. The Morgan fingerprint density at radius 2 is 2.06 bits per heavy atom. The molecule has 1 aromatic rings. The van der Waals surface area contributed by atoms with E-state index in [0.29, 0.717) is 6.61 Å². The summed E-state index contributed by atoms with van der Waals surface area (Å²) >= 11 is 0. The summed E-state index contributed by atoms with van der Waals surface area (Å²) in [7, 11) is 0. The molecule has 1 aliphatic rings. The third-order valence-corrected chi connectivity index (χ3v) is 3.30. The predicted octanol–water partition coefficient (Wildman–Crippen LogP) is 2.72. The third kappa shape index (κ3) is 3.42. The van der Waals surface area contributed by atoms with E-state index >= 15 is 0 Å². The number of aliphatic hydroxyl groups is 1. The van der Waals surface area contributed by atoms with Crippen LogP contribution in [0, 0.1) is 0 Å². The molecule has 1 aromatic carbocycles. The molecule has 0 saturated carbocycles. The van der Waals surface area contributed by atoms with Crippen molar-refractivity contribution in [3.05, 3.63) is 47.5 Å². The van der Waals surface area contributed by atoms with Crippen LogP contribution in [0.25, 0.3) is 0 Å². The molecule has 17 heavy (non-hydrogen) atoms. The van der Waals surface area contributed by atoms with E-state index in [-0.39, 0.29) is 6.10 Å². The van der Waals surface area contributed by atoms with Crippen molar-refractivity contribution in [3.63, 3.8) is 0 Å². The second kappa shape index (κ2) is 5.99. The van der Waals surface area contributed by atoms with Crippen molar-refractivity contribution in [3.8, 4) is 0 Å². The zero-order valence-electron chi connectivity index (χ0n) is 10.3. The molecule has 0 spiro atoms. The number of aliphatic hydroxyl groups excluding tert-OH is 1. The van der Waals surface area contributed by atoms with E-state index in [1.165, 1.54) is 5.56 Å². The van der Waals surface area contributed by atoms with Gasteiger partial charge in [0.25, 0.3) is 0 Å². The second-order valence-corrected chi connectivity index (χ2v) is 4.62. The van der Waals surface area contributed by atoms with E-state index in [1.54, 1.807) is 0 Å². The molecular formula is C15H20O2. The minimum Gasteiger partial charge on any atom is -0.386 e. The summed E-state index contributed by atoms with van der Waals surface area (Å²) in [6, 6.07) is 10.3. The Morgan fingerprint density at radius 1 is 1.29 bits per heavy atom. The first-order chi connectivity index (χ1) is 8.27. The first-order valence-corrected chi connectivity index (χ1v) is 6.27. The van der Waals surface area contributed by atoms with Gasteiger partial charge in [0.05, 0.1) is 12.7 Å². The predicted molar refractivity (Wildman–Crippen MR) is 68.9 cm³/mol. The van der Waals surface area contributed by atoms with Gasteiger partial charge in [-0.1, -0.05) is 36.4 Å². The van der Waals surface area contributed by atoms with Gasteiger partial charge in [0.15, 0.2) is 0 Å². The molecule has 0 amide bonds. The van der Waals surface area contributed by atoms with E-state index in [4.69, 9.17) is 4.74 Å². The molecule has 1 aliphatic carbocycles. The smallest absolute Gasteiger partial charge is 0.101 e. The number of allylic oxidation sites excluding steroid dienone is 1. The summed E-state index contributed by atoms with van der Waals surface area (Å²) in [5, 5.41) is 9.94. The van der Waals surface area contributed by atoms with Gasteiger partial charge in [0.2, 0.25) is 0 Å². The standard InChI is InChI=1S/C15H20O2/c1-12-6-5-9-14(15(12)16)17-11-10-13-7-3-2-4-8-13/h2-4,6-8,14-16H,5,9-11H2,1H3/t14-,15+/m0/s1. The fourth-order valence-electron chi connectivity index (χ4n) is 2.19. The van der Waals surface area contributed by atoms with Crippen LogP contribution in [0.2, 0.25) is 0 Å². The average Bonchev–Trinajstić information content (AvgIpc) is 2.36. The van der Waals surface area contributed by atoms with Crippen LogP contribution in [-0.4, -0.2) is 23.9 Å². The van der Waals surface area contributed by atoms with Crippen LogP contribution >= 0.6 is 0 Å². The fourth-order valence-corrected chi connectivity index (χ4v) is 2.19. The van der Waals surface area contributed by atoms with Crippen molar-refractivity contribution >= 4 is 0 Å². The van der Waals surface area contributed by atoms with Gasteiger partial charge in [0, 0.05) is 0 Å². The summed E-state index contributed by atoms with van der Waals surface area (Å²) in [6.07, 6.45) is 4.50. The Morgan fingerprint density at radius 3 is 2.82 bits per heavy atom. The normalized spacial score (nSPS) is 24.5. The first-order valence-electron chi connectivity index (χ1n) is 6.27. The van der Waals surface area contributed by atoms with Crippen LogP contribution in [0.15, 0.2) is 42.0 Å². The van der Waals surface area contributed by atoms with E-state index in [2.05, 4.69) is 18.2 Å². The highest BCUT2D eigenvalue weighted by Gasteiger charge is 2.23. The third-order valence-electron chi connectivity index (χ3n) is 3.30. The van der Waals surface area contributed by atoms with Crippen molar-refractivity contribution in [1.29, 1.82) is 0 Å². The number of ether oxygens (including phenoxy) is 1. The van der Waals surface area contributed by atoms with Crippen molar-refractivity contribution < 1.29 is 9.84 Å². The lowest BCUT2D eigenvalue weighted by atomic mass is 9.95. The lowest BCUT2D eigenvalue weighted by molar-refractivity contribution is -0.0286. The highest BCUT2D eigenvalue weighted by Crippen LogP contribution is 2.21. The molecular weight excluding hydrogens is 212 g/mol. The Balaban J connectivity index is 1.78. The van der Waals surface area contributed by atoms with Gasteiger partial charge < -0.3 is 9.84 Å². The largest absolute Gasteiger partial charge is 0.386 e. The molecule has 0 saturated heterocycles. The van der Waals surface area contributed by atoms with Gasteiger partial charge in [-0.25, -0.2) is 0 Å². The van der Waals surface area contributed by atoms with Crippen molar-refractivity contribution in [1.82, 2.24) is 0 Å². The lowest BCUT2D eigenvalue weighted by Gasteiger charge is -2.27. The van der Waals surface area contributed by atoms with Crippen LogP contribution in [-0.2, 0) is 11.2 Å². The maximum atomic E-state index is 9.94. The van der Waals surface area contributed by atoms with Crippen LogP contribution in [0.4, 0.5) is 0 Å². The SMILES string of the molecule is CC1=CCC[C@H](OCCc2ccccc2)[C@@H]1O. The number of hydrogen-bond acceptors (Lipinski definition) is 2. The van der Waals surface area contributed by atoms with Gasteiger partial charge in [-0.2, -0.15) is 0 Å².